The van der Waals surface area contributed by atoms with Gasteiger partial charge in [0.1, 0.15) is 0 Å². The van der Waals surface area contributed by atoms with Gasteiger partial charge in [0.15, 0.2) is 16.3 Å². The van der Waals surface area contributed by atoms with Gasteiger partial charge in [0, 0.05) is 24.1 Å². The van der Waals surface area contributed by atoms with Crippen LogP contribution in [0.4, 0.5) is 0 Å². The second kappa shape index (κ2) is 8.63. The molecule has 0 spiro atoms. The van der Waals surface area contributed by atoms with Crippen LogP contribution in [-0.4, -0.2) is 30.4 Å². The normalized spacial score (nSPS) is 11.8. The van der Waals surface area contributed by atoms with Gasteiger partial charge in [0.05, 0.1) is 30.9 Å². The minimum absolute atomic E-state index is 0.160. The van der Waals surface area contributed by atoms with E-state index in [9.17, 15) is 4.79 Å². The van der Waals surface area contributed by atoms with Crippen molar-refractivity contribution in [2.75, 3.05) is 20.0 Å². The maximum atomic E-state index is 12.4. The van der Waals surface area contributed by atoms with E-state index in [1.165, 1.54) is 16.2 Å². The molecule has 1 aromatic heterocycles. The van der Waals surface area contributed by atoms with Crippen LogP contribution in [-0.2, 0) is 18.3 Å². The molecule has 0 aliphatic rings. The summed E-state index contributed by atoms with van der Waals surface area (Å²) in [7, 11) is 5.11. The van der Waals surface area contributed by atoms with Crippen molar-refractivity contribution < 1.29 is 14.3 Å². The van der Waals surface area contributed by atoms with Gasteiger partial charge in [0.2, 0.25) is 0 Å². The van der Waals surface area contributed by atoms with E-state index in [4.69, 9.17) is 9.47 Å². The van der Waals surface area contributed by atoms with Crippen molar-refractivity contribution >= 4 is 39.2 Å². The number of carbonyl (C=O) groups excluding carboxylic acids is 1. The molecule has 1 heterocycles. The van der Waals surface area contributed by atoms with Crippen LogP contribution in [0.15, 0.2) is 46.3 Å². The Morgan fingerprint density at radius 1 is 1.15 bits per heavy atom. The predicted octanol–water partition coefficient (Wildman–Crippen LogP) is 4.04. The average Bonchev–Trinajstić information content (AvgIpc) is 2.97. The minimum Gasteiger partial charge on any atom is -0.493 e. The van der Waals surface area contributed by atoms with Crippen molar-refractivity contribution in [1.29, 1.82) is 0 Å². The molecule has 0 aliphatic carbocycles. The lowest BCUT2D eigenvalue weighted by molar-refractivity contribution is -0.117. The molecule has 0 bridgehead atoms. The molecule has 27 heavy (non-hydrogen) atoms. The molecule has 7 heteroatoms. The van der Waals surface area contributed by atoms with Crippen LogP contribution in [0.3, 0.4) is 0 Å². The van der Waals surface area contributed by atoms with Gasteiger partial charge in [-0.15, -0.1) is 11.8 Å². The van der Waals surface area contributed by atoms with E-state index >= 15 is 0 Å². The van der Waals surface area contributed by atoms with E-state index in [0.717, 1.165) is 21.5 Å². The number of aromatic nitrogens is 1. The smallest absolute Gasteiger partial charge is 0.252 e. The molecule has 3 aromatic rings. The first-order valence-electron chi connectivity index (χ1n) is 8.56. The van der Waals surface area contributed by atoms with Gasteiger partial charge in [-0.1, -0.05) is 30.4 Å². The van der Waals surface area contributed by atoms with Crippen molar-refractivity contribution in [2.45, 2.75) is 18.2 Å². The number of aryl methyl sites for hydroxylation is 1. The summed E-state index contributed by atoms with van der Waals surface area (Å²) in [5.41, 5.74) is 1.92. The number of ether oxygens (including phenoxy) is 2. The number of nitrogens with zero attached hydrogens (tertiary/aromatic N) is 2. The van der Waals surface area contributed by atoms with Gasteiger partial charge in [-0.3, -0.25) is 4.79 Å². The average molecular weight is 403 g/mol. The molecule has 3 rings (SSSR count). The molecule has 0 radical (unpaired) electrons. The lowest BCUT2D eigenvalue weighted by Crippen LogP contribution is -2.14. The Bertz CT molecular complexity index is 1020. The standard InChI is InChI=1S/C20H22N2O3S2/c1-5-26-14-8-6-13(7-9-14)10-19(23)21-20-22(2)15-11-16(24-3)17(25-4)12-18(15)27-20/h6-9,11-12H,5,10H2,1-4H3. The highest BCUT2D eigenvalue weighted by atomic mass is 32.2. The molecule has 0 unspecified atom stereocenters. The molecule has 0 N–H and O–H groups in total. The van der Waals surface area contributed by atoms with Crippen LogP contribution in [0.1, 0.15) is 12.5 Å². The Morgan fingerprint density at radius 2 is 1.81 bits per heavy atom. The van der Waals surface area contributed by atoms with Crippen LogP contribution < -0.4 is 14.3 Å². The zero-order valence-corrected chi connectivity index (χ0v) is 17.4. The Kier molecular flexibility index (Phi) is 6.23. The van der Waals surface area contributed by atoms with E-state index in [-0.39, 0.29) is 12.3 Å². The van der Waals surface area contributed by atoms with Crippen LogP contribution in [0.5, 0.6) is 11.5 Å². The highest BCUT2D eigenvalue weighted by Crippen LogP contribution is 2.33. The SMILES string of the molecule is CCSc1ccc(CC(=O)N=c2sc3cc(OC)c(OC)cc3n2C)cc1. The molecule has 1 amide bonds. The molecule has 142 valence electrons. The fourth-order valence-corrected chi connectivity index (χ4v) is 4.46. The number of rotatable bonds is 6. The number of benzene rings is 2. The molecule has 5 nitrogen and oxygen atoms in total. The van der Waals surface area contributed by atoms with Crippen LogP contribution in [0.25, 0.3) is 10.2 Å². The molecule has 0 saturated carbocycles. The maximum absolute atomic E-state index is 12.4. The van der Waals surface area contributed by atoms with Crippen molar-refractivity contribution in [3.8, 4) is 11.5 Å². The van der Waals surface area contributed by atoms with Gasteiger partial charge < -0.3 is 14.0 Å². The molecule has 0 aliphatic heterocycles. The Hall–Kier alpha value is -2.25. The van der Waals surface area contributed by atoms with Gasteiger partial charge in [-0.05, 0) is 23.4 Å². The summed E-state index contributed by atoms with van der Waals surface area (Å²) >= 11 is 3.24. The quantitative estimate of drug-likeness (QED) is 0.584. The highest BCUT2D eigenvalue weighted by Gasteiger charge is 2.11. The number of thioether (sulfide) groups is 1. The van der Waals surface area contributed by atoms with Gasteiger partial charge in [-0.2, -0.15) is 4.99 Å². The Morgan fingerprint density at radius 3 is 2.44 bits per heavy atom. The van der Waals surface area contributed by atoms with E-state index in [2.05, 4.69) is 24.0 Å². The Labute approximate surface area is 166 Å². The zero-order chi connectivity index (χ0) is 19.4. The number of carbonyl (C=O) groups is 1. The first kappa shape index (κ1) is 19.5. The Balaban J connectivity index is 1.88. The topological polar surface area (TPSA) is 52.8 Å². The van der Waals surface area contributed by atoms with Crippen molar-refractivity contribution in [3.05, 3.63) is 46.8 Å². The molecule has 0 saturated heterocycles. The van der Waals surface area contributed by atoms with E-state index < -0.39 is 0 Å². The third-order valence-electron chi connectivity index (χ3n) is 4.12. The number of thiazole rings is 1. The number of fused-ring (bicyclic) bond motifs is 1. The highest BCUT2D eigenvalue weighted by molar-refractivity contribution is 7.99. The number of hydrogen-bond acceptors (Lipinski definition) is 5. The van der Waals surface area contributed by atoms with Crippen molar-refractivity contribution in [3.63, 3.8) is 0 Å². The lowest BCUT2D eigenvalue weighted by Gasteiger charge is -2.07. The summed E-state index contributed by atoms with van der Waals surface area (Å²) in [5, 5.41) is 0. The minimum atomic E-state index is -0.160. The summed E-state index contributed by atoms with van der Waals surface area (Å²) < 4.78 is 13.6. The monoisotopic (exact) mass is 402 g/mol. The maximum Gasteiger partial charge on any atom is 0.252 e. The third-order valence-corrected chi connectivity index (χ3v) is 6.11. The molecule has 2 aromatic carbocycles. The van der Waals surface area contributed by atoms with Crippen LogP contribution >= 0.6 is 23.1 Å². The summed E-state index contributed by atoms with van der Waals surface area (Å²) in [6.07, 6.45) is 0.290. The number of hydrogen-bond donors (Lipinski definition) is 0. The molecular weight excluding hydrogens is 380 g/mol. The van der Waals surface area contributed by atoms with Gasteiger partial charge in [-0.25, -0.2) is 0 Å². The number of methoxy groups -OCH3 is 2. The van der Waals surface area contributed by atoms with E-state index in [1.807, 2.05) is 35.9 Å². The second-order valence-corrected chi connectivity index (χ2v) is 8.22. The largest absolute Gasteiger partial charge is 0.493 e. The first-order chi connectivity index (χ1) is 13.0. The van der Waals surface area contributed by atoms with Crippen molar-refractivity contribution in [2.24, 2.45) is 12.0 Å². The van der Waals surface area contributed by atoms with Crippen LogP contribution in [0, 0.1) is 0 Å². The fraction of sp³-hybridized carbons (Fsp3) is 0.300. The second-order valence-electron chi connectivity index (χ2n) is 5.88. The summed E-state index contributed by atoms with van der Waals surface area (Å²) in [6.45, 7) is 2.12. The number of amides is 1. The predicted molar refractivity (Wildman–Crippen MR) is 111 cm³/mol. The zero-order valence-electron chi connectivity index (χ0n) is 15.8. The summed E-state index contributed by atoms with van der Waals surface area (Å²) in [6, 6.07) is 11.9. The van der Waals surface area contributed by atoms with E-state index in [1.54, 1.807) is 26.0 Å². The molecular formula is C20H22N2O3S2. The van der Waals surface area contributed by atoms with Gasteiger partial charge >= 0.3 is 0 Å². The fourth-order valence-electron chi connectivity index (χ4n) is 2.75. The molecule has 0 atom stereocenters. The first-order valence-corrected chi connectivity index (χ1v) is 10.4. The third kappa shape index (κ3) is 4.36. The molecule has 0 fully saturated rings. The van der Waals surface area contributed by atoms with Crippen molar-refractivity contribution in [1.82, 2.24) is 4.57 Å². The summed E-state index contributed by atoms with van der Waals surface area (Å²) in [4.78, 5) is 18.6. The lowest BCUT2D eigenvalue weighted by atomic mass is 10.1. The van der Waals surface area contributed by atoms with Crippen LogP contribution in [0.2, 0.25) is 0 Å². The summed E-state index contributed by atoms with van der Waals surface area (Å²) in [5.74, 6) is 2.19. The van der Waals surface area contributed by atoms with Gasteiger partial charge in [0.25, 0.3) is 5.91 Å². The van der Waals surface area contributed by atoms with E-state index in [0.29, 0.717) is 16.3 Å².